The van der Waals surface area contributed by atoms with Crippen molar-refractivity contribution in [1.82, 2.24) is 4.90 Å². The van der Waals surface area contributed by atoms with Gasteiger partial charge in [-0.05, 0) is 18.1 Å². The first-order chi connectivity index (χ1) is 8.99. The third-order valence-corrected chi connectivity index (χ3v) is 3.51. The average Bonchev–Trinajstić information content (AvgIpc) is 3.09. The third-order valence-electron chi connectivity index (χ3n) is 3.51. The van der Waals surface area contributed by atoms with Crippen LogP contribution in [0, 0.1) is 27.8 Å². The van der Waals surface area contributed by atoms with Crippen LogP contribution in [0.1, 0.15) is 12.0 Å². The molecule has 1 saturated carbocycles. The first-order valence-corrected chi connectivity index (χ1v) is 5.77. The lowest BCUT2D eigenvalue weighted by Crippen LogP contribution is -2.32. The zero-order valence-corrected chi connectivity index (χ0v) is 9.71. The number of hydrogen-bond donors (Lipinski definition) is 0. The second kappa shape index (κ2) is 3.84. The number of halogens is 1. The molecule has 6 nitrogen and oxygen atoms in total. The van der Waals surface area contributed by atoms with E-state index in [2.05, 4.69) is 0 Å². The predicted octanol–water partition coefficient (Wildman–Crippen LogP) is 1.24. The number of imide groups is 1. The maximum atomic E-state index is 13.4. The topological polar surface area (TPSA) is 80.5 Å². The lowest BCUT2D eigenvalue weighted by molar-refractivity contribution is -0.387. The van der Waals surface area contributed by atoms with Gasteiger partial charge < -0.3 is 0 Å². The Kier molecular flexibility index (Phi) is 2.38. The molecule has 2 unspecified atom stereocenters. The number of nitrogens with zero attached hydrogens (tertiary/aromatic N) is 2. The second-order valence-electron chi connectivity index (χ2n) is 4.75. The first-order valence-electron chi connectivity index (χ1n) is 5.77. The molecule has 0 N–H and O–H groups in total. The highest BCUT2D eigenvalue weighted by Gasteiger charge is 2.58. The summed E-state index contributed by atoms with van der Waals surface area (Å²) < 4.78 is 13.4. The smallest absolute Gasteiger partial charge is 0.278 e. The van der Waals surface area contributed by atoms with Gasteiger partial charge in [-0.1, -0.05) is 6.07 Å². The van der Waals surface area contributed by atoms with Crippen LogP contribution in [0.4, 0.5) is 10.1 Å². The van der Waals surface area contributed by atoms with E-state index in [-0.39, 0.29) is 30.2 Å². The van der Waals surface area contributed by atoms with Gasteiger partial charge in [0.05, 0.1) is 23.3 Å². The molecule has 19 heavy (non-hydrogen) atoms. The van der Waals surface area contributed by atoms with Crippen molar-refractivity contribution in [2.24, 2.45) is 11.8 Å². The fraction of sp³-hybridized carbons (Fsp3) is 0.333. The molecule has 2 atom stereocenters. The number of piperidine rings is 1. The second-order valence-corrected chi connectivity index (χ2v) is 4.75. The Bertz CT molecular complexity index is 596. The van der Waals surface area contributed by atoms with Gasteiger partial charge >= 0.3 is 5.69 Å². The summed E-state index contributed by atoms with van der Waals surface area (Å²) >= 11 is 0. The van der Waals surface area contributed by atoms with Crippen molar-refractivity contribution >= 4 is 17.5 Å². The monoisotopic (exact) mass is 264 g/mol. The molecule has 1 saturated heterocycles. The highest BCUT2D eigenvalue weighted by molar-refractivity contribution is 6.08. The maximum Gasteiger partial charge on any atom is 0.304 e. The van der Waals surface area contributed by atoms with E-state index in [0.29, 0.717) is 12.0 Å². The van der Waals surface area contributed by atoms with Crippen LogP contribution in [0.3, 0.4) is 0 Å². The van der Waals surface area contributed by atoms with Crippen molar-refractivity contribution in [1.29, 1.82) is 0 Å². The zero-order valence-electron chi connectivity index (χ0n) is 9.71. The Hall–Kier alpha value is -2.31. The van der Waals surface area contributed by atoms with Gasteiger partial charge in [0, 0.05) is 6.07 Å². The van der Waals surface area contributed by atoms with Crippen LogP contribution < -0.4 is 0 Å². The van der Waals surface area contributed by atoms with Crippen molar-refractivity contribution in [3.63, 3.8) is 0 Å². The lowest BCUT2D eigenvalue weighted by Gasteiger charge is -2.16. The minimum absolute atomic E-state index is 0.0282. The molecular weight excluding hydrogens is 255 g/mol. The van der Waals surface area contributed by atoms with Gasteiger partial charge in [-0.15, -0.1) is 0 Å². The summed E-state index contributed by atoms with van der Waals surface area (Å²) in [6, 6.07) is 3.38. The molecule has 3 rings (SSSR count). The molecule has 0 bridgehead atoms. The SMILES string of the molecule is O=C1C2CC2C(=O)N1Cc1ccc([N+](=O)[O-])c(F)c1. The van der Waals surface area contributed by atoms with Crippen LogP contribution >= 0.6 is 0 Å². The molecule has 0 spiro atoms. The zero-order chi connectivity index (χ0) is 13.7. The van der Waals surface area contributed by atoms with E-state index >= 15 is 0 Å². The van der Waals surface area contributed by atoms with Gasteiger partial charge in [0.1, 0.15) is 0 Å². The first kappa shape index (κ1) is 11.8. The summed E-state index contributed by atoms with van der Waals surface area (Å²) in [5, 5.41) is 10.5. The molecule has 1 aliphatic carbocycles. The maximum absolute atomic E-state index is 13.4. The van der Waals surface area contributed by atoms with Crippen molar-refractivity contribution in [3.8, 4) is 0 Å². The van der Waals surface area contributed by atoms with Gasteiger partial charge in [0.15, 0.2) is 0 Å². The van der Waals surface area contributed by atoms with Gasteiger partial charge in [0.2, 0.25) is 17.6 Å². The number of carbonyl (C=O) groups excluding carboxylic acids is 2. The Morgan fingerprint density at radius 1 is 1.32 bits per heavy atom. The Balaban J connectivity index is 1.81. The average molecular weight is 264 g/mol. The van der Waals surface area contributed by atoms with Gasteiger partial charge in [-0.25, -0.2) is 0 Å². The Morgan fingerprint density at radius 3 is 2.47 bits per heavy atom. The van der Waals surface area contributed by atoms with E-state index in [4.69, 9.17) is 0 Å². The van der Waals surface area contributed by atoms with E-state index in [1.54, 1.807) is 0 Å². The molecule has 1 heterocycles. The molecule has 2 aliphatic rings. The summed E-state index contributed by atoms with van der Waals surface area (Å²) in [5.41, 5.74) is -0.253. The lowest BCUT2D eigenvalue weighted by atomic mass is 10.2. The Morgan fingerprint density at radius 2 is 1.95 bits per heavy atom. The molecule has 0 radical (unpaired) electrons. The van der Waals surface area contributed by atoms with Crippen molar-refractivity contribution in [3.05, 3.63) is 39.7 Å². The number of likely N-dealkylation sites (tertiary alicyclic amines) is 1. The summed E-state index contributed by atoms with van der Waals surface area (Å²) in [4.78, 5) is 34.2. The fourth-order valence-corrected chi connectivity index (χ4v) is 2.39. The summed E-state index contributed by atoms with van der Waals surface area (Å²) in [6.45, 7) is -0.0282. The van der Waals surface area contributed by atoms with Crippen LogP contribution in [0.25, 0.3) is 0 Å². The molecule has 2 amide bonds. The van der Waals surface area contributed by atoms with Crippen LogP contribution in [0.2, 0.25) is 0 Å². The number of hydrogen-bond acceptors (Lipinski definition) is 4. The van der Waals surface area contributed by atoms with E-state index in [9.17, 15) is 24.1 Å². The van der Waals surface area contributed by atoms with Crippen LogP contribution in [0.5, 0.6) is 0 Å². The number of nitro groups is 1. The largest absolute Gasteiger partial charge is 0.304 e. The van der Waals surface area contributed by atoms with Gasteiger partial charge in [-0.2, -0.15) is 4.39 Å². The minimum atomic E-state index is -0.966. The number of rotatable bonds is 3. The third kappa shape index (κ3) is 1.78. The van der Waals surface area contributed by atoms with Crippen LogP contribution in [0.15, 0.2) is 18.2 Å². The number of benzene rings is 1. The van der Waals surface area contributed by atoms with Crippen molar-refractivity contribution < 1.29 is 18.9 Å². The Labute approximate surface area is 107 Å². The van der Waals surface area contributed by atoms with Crippen LogP contribution in [-0.4, -0.2) is 21.6 Å². The predicted molar refractivity (Wildman–Crippen MR) is 60.2 cm³/mol. The molecule has 1 aromatic rings. The van der Waals surface area contributed by atoms with E-state index < -0.39 is 16.4 Å². The number of amides is 2. The van der Waals surface area contributed by atoms with E-state index in [0.717, 1.165) is 17.0 Å². The standard InChI is InChI=1S/C12H9FN2O4/c13-9-3-6(1-2-10(9)15(18)19)5-14-11(16)7-4-8(7)12(14)17/h1-3,7-8H,4-5H2. The van der Waals surface area contributed by atoms with Gasteiger partial charge in [-0.3, -0.25) is 24.6 Å². The quantitative estimate of drug-likeness (QED) is 0.467. The summed E-state index contributed by atoms with van der Waals surface area (Å²) in [7, 11) is 0. The minimum Gasteiger partial charge on any atom is -0.278 e. The molecule has 1 aliphatic heterocycles. The van der Waals surface area contributed by atoms with E-state index in [1.165, 1.54) is 6.07 Å². The molecule has 0 aromatic heterocycles. The molecule has 1 aromatic carbocycles. The van der Waals surface area contributed by atoms with Crippen molar-refractivity contribution in [2.75, 3.05) is 0 Å². The highest BCUT2D eigenvalue weighted by Crippen LogP contribution is 2.47. The fourth-order valence-electron chi connectivity index (χ4n) is 2.39. The number of nitro benzene ring substituents is 1. The summed E-state index contributed by atoms with van der Waals surface area (Å²) in [6.07, 6.45) is 0.614. The normalized spacial score (nSPS) is 24.6. The number of carbonyl (C=O) groups is 2. The molecule has 2 fully saturated rings. The van der Waals surface area contributed by atoms with E-state index in [1.807, 2.05) is 0 Å². The van der Waals surface area contributed by atoms with Crippen molar-refractivity contribution in [2.45, 2.75) is 13.0 Å². The molecule has 98 valence electrons. The van der Waals surface area contributed by atoms with Crippen LogP contribution in [-0.2, 0) is 16.1 Å². The molecule has 7 heteroatoms. The summed E-state index contributed by atoms with van der Waals surface area (Å²) in [5.74, 6) is -1.82. The number of fused-ring (bicyclic) bond motifs is 1. The molecular formula is C12H9FN2O4. The highest BCUT2D eigenvalue weighted by atomic mass is 19.1. The van der Waals surface area contributed by atoms with Gasteiger partial charge in [0.25, 0.3) is 0 Å².